The Balaban J connectivity index is 1.94. The number of amides is 1. The Morgan fingerprint density at radius 2 is 1.95 bits per heavy atom. The lowest BCUT2D eigenvalue weighted by Gasteiger charge is -2.09. The van der Waals surface area contributed by atoms with E-state index in [0.717, 1.165) is 17.0 Å². The lowest BCUT2D eigenvalue weighted by Crippen LogP contribution is -2.26. The Kier molecular flexibility index (Phi) is 4.35. The molecule has 1 aromatic heterocycles. The molecule has 0 aliphatic carbocycles. The minimum absolute atomic E-state index is 0.140. The Morgan fingerprint density at radius 1 is 1.20 bits per heavy atom. The average Bonchev–Trinajstić information content (AvgIpc) is 2.42. The molecule has 20 heavy (non-hydrogen) atoms. The maximum atomic E-state index is 12.1. The number of hydrogen-bond donors (Lipinski definition) is 2. The maximum Gasteiger partial charge on any atom is 0.253 e. The lowest BCUT2D eigenvalue weighted by atomic mass is 10.1. The summed E-state index contributed by atoms with van der Waals surface area (Å²) in [6, 6.07) is 11.3. The first-order valence-corrected chi connectivity index (χ1v) is 6.64. The molecule has 4 nitrogen and oxygen atoms in total. The van der Waals surface area contributed by atoms with Gasteiger partial charge in [0, 0.05) is 30.0 Å². The molecule has 0 saturated carbocycles. The van der Waals surface area contributed by atoms with Gasteiger partial charge in [-0.05, 0) is 37.6 Å². The SMILES string of the molecule is Cc1cccc(CCNC(=O)c2cccc(C)c2N)n1. The number of para-hydroxylation sites is 1. The summed E-state index contributed by atoms with van der Waals surface area (Å²) in [7, 11) is 0. The molecule has 2 rings (SSSR count). The fourth-order valence-corrected chi connectivity index (χ4v) is 2.02. The van der Waals surface area contributed by atoms with Crippen molar-refractivity contribution in [3.8, 4) is 0 Å². The number of pyridine rings is 1. The summed E-state index contributed by atoms with van der Waals surface area (Å²) >= 11 is 0. The van der Waals surface area contributed by atoms with E-state index in [1.807, 2.05) is 44.2 Å². The van der Waals surface area contributed by atoms with Crippen molar-refractivity contribution in [2.75, 3.05) is 12.3 Å². The van der Waals surface area contributed by atoms with Crippen LogP contribution in [-0.4, -0.2) is 17.4 Å². The zero-order valence-corrected chi connectivity index (χ0v) is 11.8. The van der Waals surface area contributed by atoms with Crippen LogP contribution in [0, 0.1) is 13.8 Å². The van der Waals surface area contributed by atoms with Gasteiger partial charge in [0.1, 0.15) is 0 Å². The number of anilines is 1. The molecule has 0 atom stereocenters. The first-order valence-electron chi connectivity index (χ1n) is 6.64. The molecule has 4 heteroatoms. The Hall–Kier alpha value is -2.36. The van der Waals surface area contributed by atoms with Gasteiger partial charge in [-0.25, -0.2) is 0 Å². The highest BCUT2D eigenvalue weighted by Gasteiger charge is 2.10. The second-order valence-corrected chi connectivity index (χ2v) is 4.81. The molecule has 0 aliphatic rings. The standard InChI is InChI=1S/C16H19N3O/c1-11-5-3-8-14(15(11)17)16(20)18-10-9-13-7-4-6-12(2)19-13/h3-8H,9-10,17H2,1-2H3,(H,18,20). The van der Waals surface area contributed by atoms with Gasteiger partial charge >= 0.3 is 0 Å². The number of rotatable bonds is 4. The van der Waals surface area contributed by atoms with Gasteiger partial charge < -0.3 is 11.1 Å². The largest absolute Gasteiger partial charge is 0.398 e. The van der Waals surface area contributed by atoms with Crippen molar-refractivity contribution in [1.82, 2.24) is 10.3 Å². The van der Waals surface area contributed by atoms with Gasteiger partial charge in [-0.15, -0.1) is 0 Å². The van der Waals surface area contributed by atoms with Crippen LogP contribution in [0.15, 0.2) is 36.4 Å². The van der Waals surface area contributed by atoms with Crippen molar-refractivity contribution >= 4 is 11.6 Å². The fraction of sp³-hybridized carbons (Fsp3) is 0.250. The van der Waals surface area contributed by atoms with Crippen molar-refractivity contribution in [3.63, 3.8) is 0 Å². The zero-order chi connectivity index (χ0) is 14.5. The molecule has 0 radical (unpaired) electrons. The van der Waals surface area contributed by atoms with Crippen molar-refractivity contribution in [2.45, 2.75) is 20.3 Å². The summed E-state index contributed by atoms with van der Waals surface area (Å²) in [5, 5.41) is 2.88. The number of aromatic nitrogens is 1. The minimum atomic E-state index is -0.140. The smallest absolute Gasteiger partial charge is 0.253 e. The topological polar surface area (TPSA) is 68.0 Å². The van der Waals surface area contributed by atoms with Crippen LogP contribution in [0.2, 0.25) is 0 Å². The van der Waals surface area contributed by atoms with Gasteiger partial charge in [-0.3, -0.25) is 9.78 Å². The van der Waals surface area contributed by atoms with Crippen LogP contribution in [0.1, 0.15) is 27.3 Å². The number of hydrogen-bond acceptors (Lipinski definition) is 3. The van der Waals surface area contributed by atoms with Crippen molar-refractivity contribution < 1.29 is 4.79 Å². The van der Waals surface area contributed by atoms with Gasteiger partial charge in [0.15, 0.2) is 0 Å². The molecule has 0 fully saturated rings. The predicted octanol–water partition coefficient (Wildman–Crippen LogP) is 2.25. The molecule has 104 valence electrons. The van der Waals surface area contributed by atoms with Crippen molar-refractivity contribution in [3.05, 3.63) is 58.9 Å². The number of carbonyl (C=O) groups is 1. The Labute approximate surface area is 119 Å². The van der Waals surface area contributed by atoms with Crippen molar-refractivity contribution in [1.29, 1.82) is 0 Å². The normalized spacial score (nSPS) is 10.3. The van der Waals surface area contributed by atoms with E-state index in [1.54, 1.807) is 6.07 Å². The van der Waals surface area contributed by atoms with Crippen LogP contribution < -0.4 is 11.1 Å². The number of nitrogens with zero attached hydrogens (tertiary/aromatic N) is 1. The van der Waals surface area contributed by atoms with Crippen LogP contribution in [0.4, 0.5) is 5.69 Å². The summed E-state index contributed by atoms with van der Waals surface area (Å²) < 4.78 is 0. The number of nitrogen functional groups attached to an aromatic ring is 1. The maximum absolute atomic E-state index is 12.1. The molecule has 2 aromatic rings. The van der Waals surface area contributed by atoms with Crippen LogP contribution in [0.5, 0.6) is 0 Å². The summed E-state index contributed by atoms with van der Waals surface area (Å²) in [5.41, 5.74) is 9.86. The van der Waals surface area contributed by atoms with Crippen LogP contribution in [-0.2, 0) is 6.42 Å². The highest BCUT2D eigenvalue weighted by Crippen LogP contribution is 2.15. The van der Waals surface area contributed by atoms with E-state index >= 15 is 0 Å². The zero-order valence-electron chi connectivity index (χ0n) is 11.8. The summed E-state index contributed by atoms with van der Waals surface area (Å²) in [4.78, 5) is 16.5. The van der Waals surface area contributed by atoms with Gasteiger partial charge in [-0.2, -0.15) is 0 Å². The third kappa shape index (κ3) is 3.35. The van der Waals surface area contributed by atoms with Gasteiger partial charge in [-0.1, -0.05) is 18.2 Å². The summed E-state index contributed by atoms with van der Waals surface area (Å²) in [5.74, 6) is -0.140. The molecule has 3 N–H and O–H groups in total. The van der Waals surface area contributed by atoms with E-state index in [4.69, 9.17) is 5.73 Å². The quantitative estimate of drug-likeness (QED) is 0.836. The Bertz CT molecular complexity index is 623. The minimum Gasteiger partial charge on any atom is -0.398 e. The molecule has 1 aromatic carbocycles. The van der Waals surface area contributed by atoms with E-state index < -0.39 is 0 Å². The molecule has 1 heterocycles. The highest BCUT2D eigenvalue weighted by molar-refractivity contribution is 5.99. The summed E-state index contributed by atoms with van der Waals surface area (Å²) in [6.45, 7) is 4.39. The molecule has 0 unspecified atom stereocenters. The van der Waals surface area contributed by atoms with Gasteiger partial charge in [0.05, 0.1) is 5.56 Å². The third-order valence-electron chi connectivity index (χ3n) is 3.18. The molecule has 0 aliphatic heterocycles. The second kappa shape index (κ2) is 6.19. The molecule has 0 spiro atoms. The van der Waals surface area contributed by atoms with Crippen LogP contribution in [0.25, 0.3) is 0 Å². The van der Waals surface area contributed by atoms with Crippen LogP contribution in [0.3, 0.4) is 0 Å². The highest BCUT2D eigenvalue weighted by atomic mass is 16.1. The van der Waals surface area contributed by atoms with E-state index in [0.29, 0.717) is 24.2 Å². The molecule has 1 amide bonds. The van der Waals surface area contributed by atoms with E-state index in [-0.39, 0.29) is 5.91 Å². The van der Waals surface area contributed by atoms with Crippen molar-refractivity contribution in [2.24, 2.45) is 0 Å². The van der Waals surface area contributed by atoms with E-state index in [1.165, 1.54) is 0 Å². The Morgan fingerprint density at radius 3 is 2.70 bits per heavy atom. The number of benzene rings is 1. The lowest BCUT2D eigenvalue weighted by molar-refractivity contribution is 0.0955. The van der Waals surface area contributed by atoms with Gasteiger partial charge in [0.2, 0.25) is 0 Å². The molecular formula is C16H19N3O. The molecule has 0 bridgehead atoms. The van der Waals surface area contributed by atoms with E-state index in [2.05, 4.69) is 10.3 Å². The molecular weight excluding hydrogens is 250 g/mol. The predicted molar refractivity (Wildman–Crippen MR) is 80.6 cm³/mol. The number of aryl methyl sites for hydroxylation is 2. The van der Waals surface area contributed by atoms with Crippen LogP contribution >= 0.6 is 0 Å². The first-order chi connectivity index (χ1) is 9.58. The second-order valence-electron chi connectivity index (χ2n) is 4.81. The van der Waals surface area contributed by atoms with E-state index in [9.17, 15) is 4.79 Å². The fourth-order valence-electron chi connectivity index (χ4n) is 2.02. The third-order valence-corrected chi connectivity index (χ3v) is 3.18. The number of carbonyl (C=O) groups excluding carboxylic acids is 1. The number of nitrogens with two attached hydrogens (primary N) is 1. The average molecular weight is 269 g/mol. The number of nitrogens with one attached hydrogen (secondary N) is 1. The molecule has 0 saturated heterocycles. The monoisotopic (exact) mass is 269 g/mol. The van der Waals surface area contributed by atoms with Gasteiger partial charge in [0.25, 0.3) is 5.91 Å². The summed E-state index contributed by atoms with van der Waals surface area (Å²) in [6.07, 6.45) is 0.707. The first kappa shape index (κ1) is 14.1.